The van der Waals surface area contributed by atoms with Crippen LogP contribution in [0.4, 0.5) is 0 Å². The zero-order valence-corrected chi connectivity index (χ0v) is 13.2. The van der Waals surface area contributed by atoms with Gasteiger partial charge in [0.1, 0.15) is 0 Å². The van der Waals surface area contributed by atoms with Gasteiger partial charge in [-0.2, -0.15) is 0 Å². The summed E-state index contributed by atoms with van der Waals surface area (Å²) in [6.07, 6.45) is 0. The topological polar surface area (TPSA) is 138 Å². The van der Waals surface area contributed by atoms with Crippen LogP contribution in [0.1, 0.15) is 0 Å². The van der Waals surface area contributed by atoms with Gasteiger partial charge in [-0.1, -0.05) is 0 Å². The van der Waals surface area contributed by atoms with E-state index in [0.29, 0.717) is 0 Å². The van der Waals surface area contributed by atoms with E-state index in [1.165, 1.54) is 0 Å². The van der Waals surface area contributed by atoms with Crippen LogP contribution in [0, 0.1) is 34.0 Å². The fourth-order valence-corrected chi connectivity index (χ4v) is 0. The van der Waals surface area contributed by atoms with Gasteiger partial charge in [0, 0.05) is 0 Å². The number of hydrogen-bond donors (Lipinski definition) is 0. The van der Waals surface area contributed by atoms with Crippen molar-refractivity contribution in [1.82, 2.24) is 0 Å². The molecule has 0 amide bonds. The van der Waals surface area contributed by atoms with E-state index in [1.807, 2.05) is 0 Å². The van der Waals surface area contributed by atoms with Crippen molar-refractivity contribution in [1.29, 1.82) is 0 Å². The quantitative estimate of drug-likeness (QED) is 0.348. The molecule has 0 rings (SSSR count). The summed E-state index contributed by atoms with van der Waals surface area (Å²) in [5.74, 6) is 0. The Balaban J connectivity index is -0.0000000150. The zero-order valence-electron chi connectivity index (χ0n) is 5.08. The third kappa shape index (κ3) is 215. The van der Waals surface area contributed by atoms with Gasteiger partial charge in [0.2, 0.25) is 0 Å². The van der Waals surface area contributed by atoms with Gasteiger partial charge >= 0.3 is 56.9 Å². The minimum atomic E-state index is -0.417. The first-order valence-electron chi connectivity index (χ1n) is 0.926. The summed E-state index contributed by atoms with van der Waals surface area (Å²) >= 11 is -1.25. The van der Waals surface area contributed by atoms with Crippen LogP contribution in [0.2, 0.25) is 0 Å². The van der Waals surface area contributed by atoms with E-state index in [0.717, 1.165) is 0 Å². The molecule has 0 atom stereocenters. The van der Waals surface area contributed by atoms with E-state index in [2.05, 4.69) is 0 Å². The van der Waals surface area contributed by atoms with Crippen LogP contribution >= 0.6 is 0 Å². The minimum absolute atomic E-state index is 0. The Morgan fingerprint density at radius 2 is 0.545 bits per heavy atom. The molecule has 0 aliphatic carbocycles. The Morgan fingerprint density at radius 3 is 0.545 bits per heavy atom. The van der Waals surface area contributed by atoms with Gasteiger partial charge in [0.15, 0.2) is 0 Å². The van der Waals surface area contributed by atoms with Crippen LogP contribution in [0.3, 0.4) is 0 Å². The third-order valence-corrected chi connectivity index (χ3v) is 0. The van der Waals surface area contributed by atoms with E-state index < -0.39 is 34.0 Å². The maximum Gasteiger partial charge on any atom is 2.00 e. The molecule has 0 bridgehead atoms. The molecule has 0 aromatic carbocycles. The van der Waals surface area contributed by atoms with Gasteiger partial charge in [-0.25, -0.2) is 0 Å². The van der Waals surface area contributed by atoms with Crippen molar-refractivity contribution in [3.05, 3.63) is 0 Å². The van der Waals surface area contributed by atoms with E-state index >= 15 is 0 Å². The molecule has 0 aliphatic rings. The maximum atomic E-state index is 8.24. The van der Waals surface area contributed by atoms with E-state index in [4.69, 9.17) is 28.0 Å². The second-order valence-corrected chi connectivity index (χ2v) is 0.567. The summed E-state index contributed by atoms with van der Waals surface area (Å²) in [5, 5.41) is 0. The van der Waals surface area contributed by atoms with Gasteiger partial charge in [-0.3, -0.25) is 0 Å². The molecule has 0 aliphatic heterocycles. The van der Waals surface area contributed by atoms with E-state index in [1.54, 1.807) is 0 Å². The average molecular weight is 433 g/mol. The summed E-state index contributed by atoms with van der Waals surface area (Å²) in [5.41, 5.74) is 0. The molecule has 11 heavy (non-hydrogen) atoms. The fraction of sp³-hybridized carbons (Fsp3) is 0. The summed E-state index contributed by atoms with van der Waals surface area (Å²) in [6, 6.07) is 0. The first kappa shape index (κ1) is 29.2. The minimum Gasteiger partial charge on any atom is -0.544 e. The SMILES string of the molecule is [Na+].[O-][Cl+][O-].[O-][Cl+][O-].[O-][Cl+][O-].[Pb+2]. The average Bonchev–Trinajstić information content (AvgIpc) is 1.70. The molecule has 11 heteroatoms. The Kier molecular flexibility index (Phi) is 144. The molecule has 6 nitrogen and oxygen atoms in total. The van der Waals surface area contributed by atoms with Crippen LogP contribution in [0.25, 0.3) is 0 Å². The van der Waals surface area contributed by atoms with Crippen LogP contribution in [0.15, 0.2) is 0 Å². The van der Waals surface area contributed by atoms with Crippen molar-refractivity contribution in [3.8, 4) is 0 Å². The van der Waals surface area contributed by atoms with E-state index in [-0.39, 0.29) is 56.9 Å². The normalized spacial score (nSPS) is 4.91. The Morgan fingerprint density at radius 1 is 0.545 bits per heavy atom. The predicted octanol–water partition coefficient (Wildman–Crippen LogP) is -10.5. The standard InChI is InChI=1S/3ClO2.Na.Pb/c3*2-1-3;;/q3*-1;+1;+2. The number of rotatable bonds is 0. The second-order valence-electron chi connectivity index (χ2n) is 0.189. The van der Waals surface area contributed by atoms with Crippen LogP contribution in [-0.4, -0.2) is 27.3 Å². The van der Waals surface area contributed by atoms with Crippen molar-refractivity contribution in [2.75, 3.05) is 0 Å². The molecular weight excluding hydrogens is 433 g/mol. The fourth-order valence-electron chi connectivity index (χ4n) is 0. The molecule has 0 aromatic heterocycles. The Bertz CT molecular complexity index is 22.5. The zero-order chi connectivity index (χ0) is 8.12. The van der Waals surface area contributed by atoms with Gasteiger partial charge < -0.3 is 28.0 Å². The smallest absolute Gasteiger partial charge is 0.544 e. The molecule has 0 fully saturated rings. The molecule has 0 heterocycles. The monoisotopic (exact) mass is 432 g/mol. The van der Waals surface area contributed by atoms with Crippen molar-refractivity contribution < 1.29 is 91.5 Å². The Labute approximate surface area is 117 Å². The Hall–Kier alpha value is 2.55. The third-order valence-electron chi connectivity index (χ3n) is 0. The largest absolute Gasteiger partial charge is 2.00 e. The molecule has 0 saturated heterocycles. The molecule has 0 spiro atoms. The van der Waals surface area contributed by atoms with Gasteiger partial charge in [0.25, 0.3) is 0 Å². The molecule has 0 unspecified atom stereocenters. The summed E-state index contributed by atoms with van der Waals surface area (Å²) in [6.45, 7) is 0. The molecule has 62 valence electrons. The molecular formula is Cl3NaO6Pb. The van der Waals surface area contributed by atoms with Crippen LogP contribution in [0.5, 0.6) is 0 Å². The van der Waals surface area contributed by atoms with Crippen molar-refractivity contribution >= 4 is 27.3 Å². The molecule has 0 aromatic rings. The molecule has 2 radical (unpaired) electrons. The van der Waals surface area contributed by atoms with Crippen LogP contribution in [-0.2, 0) is 0 Å². The summed E-state index contributed by atoms with van der Waals surface area (Å²) in [4.78, 5) is 0. The predicted molar refractivity (Wildman–Crippen MR) is 5.75 cm³/mol. The van der Waals surface area contributed by atoms with Crippen LogP contribution < -0.4 is 57.5 Å². The molecule has 0 N–H and O–H groups in total. The van der Waals surface area contributed by atoms with Gasteiger partial charge in [-0.05, 0) is 0 Å². The first-order chi connectivity index (χ1) is 4.24. The number of hydrogen-bond acceptors (Lipinski definition) is 6. The van der Waals surface area contributed by atoms with Crippen molar-refractivity contribution in [2.45, 2.75) is 0 Å². The summed E-state index contributed by atoms with van der Waals surface area (Å²) in [7, 11) is 0. The van der Waals surface area contributed by atoms with Gasteiger partial charge in [0.05, 0.1) is 34.0 Å². The van der Waals surface area contributed by atoms with Gasteiger partial charge in [-0.15, -0.1) is 0 Å². The van der Waals surface area contributed by atoms with Crippen molar-refractivity contribution in [3.63, 3.8) is 0 Å². The first-order valence-corrected chi connectivity index (χ1v) is 2.78. The number of halogens is 3. The van der Waals surface area contributed by atoms with Crippen molar-refractivity contribution in [2.24, 2.45) is 0 Å². The second kappa shape index (κ2) is 54.3. The van der Waals surface area contributed by atoms with E-state index in [9.17, 15) is 0 Å². The summed E-state index contributed by atoms with van der Waals surface area (Å²) < 4.78 is 49.4. The molecule has 0 saturated carbocycles. The maximum absolute atomic E-state index is 8.24.